The average Bonchev–Trinajstić information content (AvgIpc) is 2.78. The third-order valence-electron chi connectivity index (χ3n) is 2.59. The zero-order valence-electron chi connectivity index (χ0n) is 10.00. The molecule has 0 spiro atoms. The summed E-state index contributed by atoms with van der Waals surface area (Å²) in [4.78, 5) is 5.03. The maximum absolute atomic E-state index is 6.20. The molecule has 0 atom stereocenters. The van der Waals surface area contributed by atoms with E-state index in [4.69, 9.17) is 11.6 Å². The fourth-order valence-corrected chi connectivity index (χ4v) is 2.00. The lowest BCUT2D eigenvalue weighted by Gasteiger charge is -2.15. The number of benzene rings is 1. The van der Waals surface area contributed by atoms with Crippen LogP contribution in [0.4, 0.5) is 11.4 Å². The van der Waals surface area contributed by atoms with E-state index in [1.807, 2.05) is 55.7 Å². The molecule has 1 aromatic heterocycles. The number of aromatic amines is 1. The normalized spacial score (nSPS) is 10.3. The first-order chi connectivity index (χ1) is 8.16. The molecule has 0 amide bonds. The van der Waals surface area contributed by atoms with Gasteiger partial charge in [0.25, 0.3) is 0 Å². The monoisotopic (exact) mass is 249 g/mol. The minimum absolute atomic E-state index is 0.758. The van der Waals surface area contributed by atoms with E-state index in [1.165, 1.54) is 5.56 Å². The molecule has 1 heterocycles. The highest BCUT2D eigenvalue weighted by Crippen LogP contribution is 2.27. The van der Waals surface area contributed by atoms with E-state index in [1.54, 1.807) is 0 Å². The van der Waals surface area contributed by atoms with Crippen molar-refractivity contribution in [1.29, 1.82) is 0 Å². The first kappa shape index (κ1) is 11.9. The van der Waals surface area contributed by atoms with Crippen LogP contribution in [0.5, 0.6) is 0 Å². The summed E-state index contributed by atoms with van der Waals surface area (Å²) < 4.78 is 0. The van der Waals surface area contributed by atoms with Crippen LogP contribution in [0.3, 0.4) is 0 Å². The molecule has 0 fully saturated rings. The van der Waals surface area contributed by atoms with Gasteiger partial charge in [-0.2, -0.15) is 0 Å². The number of H-pyrrole nitrogens is 1. The average molecular weight is 250 g/mol. The number of anilines is 2. The summed E-state index contributed by atoms with van der Waals surface area (Å²) in [7, 11) is 3.96. The molecule has 2 N–H and O–H groups in total. The third-order valence-corrected chi connectivity index (χ3v) is 2.89. The minimum Gasteiger partial charge on any atom is -0.381 e. The Labute approximate surface area is 106 Å². The molecule has 0 bridgehead atoms. The van der Waals surface area contributed by atoms with Crippen molar-refractivity contribution in [2.75, 3.05) is 24.3 Å². The molecule has 3 nitrogen and oxygen atoms in total. The van der Waals surface area contributed by atoms with Gasteiger partial charge in [-0.25, -0.2) is 0 Å². The van der Waals surface area contributed by atoms with Crippen molar-refractivity contribution in [3.05, 3.63) is 47.2 Å². The Bertz CT molecular complexity index is 477. The quantitative estimate of drug-likeness (QED) is 0.871. The molecule has 17 heavy (non-hydrogen) atoms. The zero-order valence-corrected chi connectivity index (χ0v) is 10.8. The van der Waals surface area contributed by atoms with E-state index >= 15 is 0 Å². The van der Waals surface area contributed by atoms with E-state index in [9.17, 15) is 0 Å². The number of nitrogens with one attached hydrogen (secondary N) is 2. The van der Waals surface area contributed by atoms with Gasteiger partial charge in [0.2, 0.25) is 0 Å². The second-order valence-corrected chi connectivity index (χ2v) is 4.54. The Morgan fingerprint density at radius 3 is 2.71 bits per heavy atom. The van der Waals surface area contributed by atoms with Gasteiger partial charge in [-0.15, -0.1) is 0 Å². The molecule has 0 aliphatic rings. The van der Waals surface area contributed by atoms with Gasteiger partial charge in [0.05, 0.1) is 10.7 Å². The van der Waals surface area contributed by atoms with Crippen LogP contribution in [-0.4, -0.2) is 19.1 Å². The molecule has 0 saturated heterocycles. The van der Waals surface area contributed by atoms with Crippen molar-refractivity contribution in [1.82, 2.24) is 4.98 Å². The van der Waals surface area contributed by atoms with Gasteiger partial charge in [0, 0.05) is 38.7 Å². The second-order valence-electron chi connectivity index (χ2n) is 4.13. The molecule has 0 radical (unpaired) electrons. The molecular formula is C13H16ClN3. The van der Waals surface area contributed by atoms with Gasteiger partial charge in [-0.05, 0) is 29.8 Å². The maximum Gasteiger partial charge on any atom is 0.0659 e. The predicted molar refractivity (Wildman–Crippen MR) is 73.9 cm³/mol. The van der Waals surface area contributed by atoms with Gasteiger partial charge < -0.3 is 15.2 Å². The van der Waals surface area contributed by atoms with Crippen molar-refractivity contribution >= 4 is 23.0 Å². The first-order valence-corrected chi connectivity index (χ1v) is 5.87. The van der Waals surface area contributed by atoms with E-state index in [0.717, 1.165) is 22.9 Å². The van der Waals surface area contributed by atoms with Crippen LogP contribution in [0.25, 0.3) is 0 Å². The van der Waals surface area contributed by atoms with Gasteiger partial charge in [-0.1, -0.05) is 11.6 Å². The van der Waals surface area contributed by atoms with Crippen molar-refractivity contribution in [3.63, 3.8) is 0 Å². The van der Waals surface area contributed by atoms with Crippen molar-refractivity contribution in [2.24, 2.45) is 0 Å². The summed E-state index contributed by atoms with van der Waals surface area (Å²) in [5.41, 5.74) is 3.28. The Morgan fingerprint density at radius 1 is 1.29 bits per heavy atom. The maximum atomic E-state index is 6.20. The predicted octanol–water partition coefficient (Wildman–Crippen LogP) is 3.35. The van der Waals surface area contributed by atoms with Crippen LogP contribution in [0.1, 0.15) is 5.56 Å². The first-order valence-electron chi connectivity index (χ1n) is 5.49. The SMILES string of the molecule is CN(C)c1ccc(NCc2cc[nH]c2)cc1Cl. The summed E-state index contributed by atoms with van der Waals surface area (Å²) in [6, 6.07) is 8.04. The minimum atomic E-state index is 0.758. The molecule has 1 aromatic carbocycles. The van der Waals surface area contributed by atoms with E-state index in [-0.39, 0.29) is 0 Å². The molecule has 0 aliphatic heterocycles. The molecule has 2 rings (SSSR count). The number of rotatable bonds is 4. The molecule has 90 valence electrons. The lowest BCUT2D eigenvalue weighted by atomic mass is 10.2. The molecule has 4 heteroatoms. The Hall–Kier alpha value is -1.61. The molecule has 2 aromatic rings. The fourth-order valence-electron chi connectivity index (χ4n) is 1.65. The topological polar surface area (TPSA) is 31.1 Å². The zero-order chi connectivity index (χ0) is 12.3. The van der Waals surface area contributed by atoms with E-state index in [0.29, 0.717) is 0 Å². The fraction of sp³-hybridized carbons (Fsp3) is 0.231. The summed E-state index contributed by atoms with van der Waals surface area (Å²) in [5.74, 6) is 0. The van der Waals surface area contributed by atoms with Crippen molar-refractivity contribution in [3.8, 4) is 0 Å². The van der Waals surface area contributed by atoms with E-state index < -0.39 is 0 Å². The second kappa shape index (κ2) is 5.15. The lowest BCUT2D eigenvalue weighted by Crippen LogP contribution is -2.09. The van der Waals surface area contributed by atoms with Crippen LogP contribution in [-0.2, 0) is 6.54 Å². The Morgan fingerprint density at radius 2 is 2.12 bits per heavy atom. The van der Waals surface area contributed by atoms with Gasteiger partial charge >= 0.3 is 0 Å². The number of hydrogen-bond acceptors (Lipinski definition) is 2. The van der Waals surface area contributed by atoms with Crippen LogP contribution < -0.4 is 10.2 Å². The number of aromatic nitrogens is 1. The summed E-state index contributed by atoms with van der Waals surface area (Å²) >= 11 is 6.20. The number of hydrogen-bond donors (Lipinski definition) is 2. The lowest BCUT2D eigenvalue weighted by molar-refractivity contribution is 1.12. The Kier molecular flexibility index (Phi) is 3.59. The van der Waals surface area contributed by atoms with Gasteiger partial charge in [0.1, 0.15) is 0 Å². The van der Waals surface area contributed by atoms with Crippen LogP contribution in [0.15, 0.2) is 36.7 Å². The third kappa shape index (κ3) is 2.94. The smallest absolute Gasteiger partial charge is 0.0659 e. The number of halogens is 1. The summed E-state index contributed by atoms with van der Waals surface area (Å²) in [6.45, 7) is 0.793. The highest BCUT2D eigenvalue weighted by atomic mass is 35.5. The Balaban J connectivity index is 2.05. The van der Waals surface area contributed by atoms with Crippen molar-refractivity contribution < 1.29 is 0 Å². The van der Waals surface area contributed by atoms with Gasteiger partial charge in [-0.3, -0.25) is 0 Å². The molecular weight excluding hydrogens is 234 g/mol. The van der Waals surface area contributed by atoms with Crippen LogP contribution in [0, 0.1) is 0 Å². The molecule has 0 aliphatic carbocycles. The molecule has 0 saturated carbocycles. The largest absolute Gasteiger partial charge is 0.381 e. The highest BCUT2D eigenvalue weighted by molar-refractivity contribution is 6.33. The molecule has 0 unspecified atom stereocenters. The van der Waals surface area contributed by atoms with Crippen LogP contribution in [0.2, 0.25) is 5.02 Å². The highest BCUT2D eigenvalue weighted by Gasteiger charge is 2.03. The van der Waals surface area contributed by atoms with Gasteiger partial charge in [0.15, 0.2) is 0 Å². The standard InChI is InChI=1S/C13H16ClN3/c1-17(2)13-4-3-11(7-12(13)14)16-9-10-5-6-15-8-10/h3-8,15-16H,9H2,1-2H3. The summed E-state index contributed by atoms with van der Waals surface area (Å²) in [6.07, 6.45) is 3.89. The number of nitrogens with zero attached hydrogens (tertiary/aromatic N) is 1. The summed E-state index contributed by atoms with van der Waals surface area (Å²) in [5, 5.41) is 4.09. The van der Waals surface area contributed by atoms with Crippen molar-refractivity contribution in [2.45, 2.75) is 6.54 Å². The van der Waals surface area contributed by atoms with Crippen LogP contribution >= 0.6 is 11.6 Å². The van der Waals surface area contributed by atoms with E-state index in [2.05, 4.69) is 10.3 Å².